The van der Waals surface area contributed by atoms with E-state index in [1.807, 2.05) is 31.2 Å². The third kappa shape index (κ3) is 3.52. The molecule has 4 heteroatoms. The van der Waals surface area contributed by atoms with Crippen LogP contribution < -0.4 is 4.74 Å². The van der Waals surface area contributed by atoms with Gasteiger partial charge in [0.05, 0.1) is 13.2 Å². The molecule has 20 heavy (non-hydrogen) atoms. The summed E-state index contributed by atoms with van der Waals surface area (Å²) >= 11 is 1.50. The lowest BCUT2D eigenvalue weighted by molar-refractivity contribution is 0.197. The SMILES string of the molecule is COc1cccc(C(O)CSc2ccc(C)cc2)c1F. The van der Waals surface area contributed by atoms with Crippen LogP contribution in [0.1, 0.15) is 17.2 Å². The molecule has 0 aromatic heterocycles. The number of ether oxygens (including phenoxy) is 1. The van der Waals surface area contributed by atoms with E-state index < -0.39 is 11.9 Å². The first-order chi connectivity index (χ1) is 9.61. The molecule has 0 aliphatic carbocycles. The topological polar surface area (TPSA) is 29.5 Å². The lowest BCUT2D eigenvalue weighted by Crippen LogP contribution is -2.04. The van der Waals surface area contributed by atoms with Crippen molar-refractivity contribution in [2.24, 2.45) is 0 Å². The smallest absolute Gasteiger partial charge is 0.170 e. The van der Waals surface area contributed by atoms with Crippen LogP contribution in [-0.4, -0.2) is 18.0 Å². The minimum Gasteiger partial charge on any atom is -0.494 e. The highest BCUT2D eigenvalue weighted by atomic mass is 32.2. The molecule has 2 rings (SSSR count). The Morgan fingerprint density at radius 3 is 2.55 bits per heavy atom. The monoisotopic (exact) mass is 292 g/mol. The molecule has 0 bridgehead atoms. The first-order valence-electron chi connectivity index (χ1n) is 6.31. The van der Waals surface area contributed by atoms with Gasteiger partial charge in [-0.25, -0.2) is 4.39 Å². The summed E-state index contributed by atoms with van der Waals surface area (Å²) in [6.07, 6.45) is -0.864. The van der Waals surface area contributed by atoms with E-state index in [1.165, 1.54) is 24.4 Å². The zero-order valence-corrected chi connectivity index (χ0v) is 12.3. The Bertz CT molecular complexity index is 569. The van der Waals surface area contributed by atoms with Crippen molar-refractivity contribution in [3.05, 3.63) is 59.4 Å². The number of aliphatic hydroxyl groups is 1. The van der Waals surface area contributed by atoms with E-state index in [1.54, 1.807) is 18.2 Å². The van der Waals surface area contributed by atoms with Crippen molar-refractivity contribution in [3.63, 3.8) is 0 Å². The molecular weight excluding hydrogens is 275 g/mol. The molecule has 0 spiro atoms. The van der Waals surface area contributed by atoms with Crippen molar-refractivity contribution in [1.82, 2.24) is 0 Å². The second-order valence-corrected chi connectivity index (χ2v) is 5.60. The van der Waals surface area contributed by atoms with Crippen LogP contribution in [0.3, 0.4) is 0 Å². The second-order valence-electron chi connectivity index (χ2n) is 4.50. The van der Waals surface area contributed by atoms with Gasteiger partial charge in [-0.3, -0.25) is 0 Å². The first kappa shape index (κ1) is 14.9. The molecule has 106 valence electrons. The normalized spacial score (nSPS) is 12.2. The van der Waals surface area contributed by atoms with Gasteiger partial charge in [-0.05, 0) is 25.1 Å². The van der Waals surface area contributed by atoms with Gasteiger partial charge in [0.1, 0.15) is 0 Å². The van der Waals surface area contributed by atoms with Crippen molar-refractivity contribution in [2.75, 3.05) is 12.9 Å². The van der Waals surface area contributed by atoms with Crippen molar-refractivity contribution in [2.45, 2.75) is 17.9 Å². The summed E-state index contributed by atoms with van der Waals surface area (Å²) in [6, 6.07) is 12.8. The molecule has 2 nitrogen and oxygen atoms in total. The Morgan fingerprint density at radius 2 is 1.90 bits per heavy atom. The Labute approximate surface area is 122 Å². The molecule has 2 aromatic carbocycles. The average molecular weight is 292 g/mol. The summed E-state index contributed by atoms with van der Waals surface area (Å²) in [5.41, 5.74) is 1.46. The highest BCUT2D eigenvalue weighted by molar-refractivity contribution is 7.99. The van der Waals surface area contributed by atoms with Gasteiger partial charge in [0, 0.05) is 16.2 Å². The van der Waals surface area contributed by atoms with Gasteiger partial charge in [-0.1, -0.05) is 29.8 Å². The second kappa shape index (κ2) is 6.77. The molecule has 0 heterocycles. The van der Waals surface area contributed by atoms with Crippen LogP contribution in [0.2, 0.25) is 0 Å². The minimum atomic E-state index is -0.864. The van der Waals surface area contributed by atoms with Gasteiger partial charge in [0.2, 0.25) is 0 Å². The zero-order chi connectivity index (χ0) is 14.5. The number of hydrogen-bond donors (Lipinski definition) is 1. The van der Waals surface area contributed by atoms with E-state index in [9.17, 15) is 9.50 Å². The van der Waals surface area contributed by atoms with E-state index in [4.69, 9.17) is 4.74 Å². The molecular formula is C16H17FO2S. The fourth-order valence-corrected chi connectivity index (χ4v) is 2.70. The van der Waals surface area contributed by atoms with Gasteiger partial charge in [0.25, 0.3) is 0 Å². The highest BCUT2D eigenvalue weighted by Crippen LogP contribution is 2.29. The molecule has 0 aliphatic rings. The number of aryl methyl sites for hydroxylation is 1. The number of hydrogen-bond acceptors (Lipinski definition) is 3. The van der Waals surface area contributed by atoms with Crippen LogP contribution in [-0.2, 0) is 0 Å². The molecule has 1 N–H and O–H groups in total. The fraction of sp³-hybridized carbons (Fsp3) is 0.250. The number of benzene rings is 2. The minimum absolute atomic E-state index is 0.155. The van der Waals surface area contributed by atoms with E-state index in [0.29, 0.717) is 5.75 Å². The summed E-state index contributed by atoms with van der Waals surface area (Å²) in [6.45, 7) is 2.02. The fourth-order valence-electron chi connectivity index (χ4n) is 1.84. The van der Waals surface area contributed by atoms with Gasteiger partial charge < -0.3 is 9.84 Å². The summed E-state index contributed by atoms with van der Waals surface area (Å²) in [5.74, 6) is 0.0570. The zero-order valence-electron chi connectivity index (χ0n) is 11.5. The Morgan fingerprint density at radius 1 is 1.20 bits per heavy atom. The maximum atomic E-state index is 14.0. The number of aliphatic hydroxyl groups excluding tert-OH is 1. The molecule has 0 aliphatic heterocycles. The summed E-state index contributed by atoms with van der Waals surface area (Å²) < 4.78 is 18.9. The number of rotatable bonds is 5. The summed E-state index contributed by atoms with van der Waals surface area (Å²) in [4.78, 5) is 1.05. The highest BCUT2D eigenvalue weighted by Gasteiger charge is 2.16. The maximum absolute atomic E-state index is 14.0. The van der Waals surface area contributed by atoms with E-state index >= 15 is 0 Å². The predicted molar refractivity (Wildman–Crippen MR) is 79.8 cm³/mol. The summed E-state index contributed by atoms with van der Waals surface area (Å²) in [7, 11) is 1.41. The van der Waals surface area contributed by atoms with Crippen LogP contribution in [0.25, 0.3) is 0 Å². The molecule has 1 atom stereocenters. The van der Waals surface area contributed by atoms with Crippen LogP contribution >= 0.6 is 11.8 Å². The van der Waals surface area contributed by atoms with Crippen molar-refractivity contribution in [1.29, 1.82) is 0 Å². The largest absolute Gasteiger partial charge is 0.494 e. The molecule has 0 saturated heterocycles. The molecule has 0 amide bonds. The predicted octanol–water partition coefficient (Wildman–Crippen LogP) is 3.97. The van der Waals surface area contributed by atoms with Gasteiger partial charge in [-0.2, -0.15) is 0 Å². The van der Waals surface area contributed by atoms with Gasteiger partial charge in [-0.15, -0.1) is 11.8 Å². The average Bonchev–Trinajstić information content (AvgIpc) is 2.46. The van der Waals surface area contributed by atoms with E-state index in [-0.39, 0.29) is 11.3 Å². The van der Waals surface area contributed by atoms with E-state index in [0.717, 1.165) is 4.90 Å². The lowest BCUT2D eigenvalue weighted by Gasteiger charge is -2.13. The quantitative estimate of drug-likeness (QED) is 0.846. The van der Waals surface area contributed by atoms with Crippen LogP contribution in [0, 0.1) is 12.7 Å². The molecule has 0 fully saturated rings. The van der Waals surface area contributed by atoms with Crippen LogP contribution in [0.15, 0.2) is 47.4 Å². The Hall–Kier alpha value is -1.52. The van der Waals surface area contributed by atoms with Crippen molar-refractivity contribution < 1.29 is 14.2 Å². The third-order valence-corrected chi connectivity index (χ3v) is 4.09. The Balaban J connectivity index is 2.05. The lowest BCUT2D eigenvalue weighted by atomic mass is 10.1. The van der Waals surface area contributed by atoms with Gasteiger partial charge >= 0.3 is 0 Å². The molecule has 2 aromatic rings. The maximum Gasteiger partial charge on any atom is 0.170 e. The molecule has 0 radical (unpaired) electrons. The third-order valence-electron chi connectivity index (χ3n) is 3.00. The van der Waals surface area contributed by atoms with Crippen molar-refractivity contribution in [3.8, 4) is 5.75 Å². The molecule has 1 unspecified atom stereocenters. The standard InChI is InChI=1S/C16H17FO2S/c1-11-6-8-12(9-7-11)20-10-14(18)13-4-3-5-15(19-2)16(13)17/h3-9,14,18H,10H2,1-2H3. The number of thioether (sulfide) groups is 1. The van der Waals surface area contributed by atoms with Crippen LogP contribution in [0.4, 0.5) is 4.39 Å². The van der Waals surface area contributed by atoms with E-state index in [2.05, 4.69) is 0 Å². The first-order valence-corrected chi connectivity index (χ1v) is 7.30. The van der Waals surface area contributed by atoms with Gasteiger partial charge in [0.15, 0.2) is 11.6 Å². The number of halogens is 1. The molecule has 0 saturated carbocycles. The summed E-state index contributed by atoms with van der Waals surface area (Å²) in [5, 5.41) is 10.1. The Kier molecular flexibility index (Phi) is 5.04. The number of methoxy groups -OCH3 is 1. The van der Waals surface area contributed by atoms with Crippen LogP contribution in [0.5, 0.6) is 5.75 Å². The van der Waals surface area contributed by atoms with Crippen molar-refractivity contribution >= 4 is 11.8 Å².